The third kappa shape index (κ3) is 44.1. The number of allylic oxidation sites excluding steroid dienone is 3. The van der Waals surface area contributed by atoms with Gasteiger partial charge in [-0.05, 0) is 44.9 Å². The monoisotopic (exact) mass is 1090 g/mol. The summed E-state index contributed by atoms with van der Waals surface area (Å²) in [5, 5.41) is 45.1. The Hall–Kier alpha value is -1.42. The summed E-state index contributed by atoms with van der Waals surface area (Å²) in [6.07, 6.45) is 56.6. The van der Waals surface area contributed by atoms with Crippen LogP contribution >= 0.6 is 0 Å². The molecule has 0 bridgehead atoms. The second-order valence-corrected chi connectivity index (χ2v) is 23.4. The van der Waals surface area contributed by atoms with Gasteiger partial charge < -0.3 is 35.2 Å². The second kappa shape index (κ2) is 52.0. The summed E-state index contributed by atoms with van der Waals surface area (Å²) >= 11 is 0. The number of nitrogens with one attached hydrogen (secondary N) is 1. The van der Waals surface area contributed by atoms with E-state index in [-0.39, 0.29) is 18.9 Å². The fraction of sp³-hybridized carbons (Fsp3) is 0.919. The van der Waals surface area contributed by atoms with Crippen molar-refractivity contribution in [1.82, 2.24) is 5.32 Å². The lowest BCUT2D eigenvalue weighted by Gasteiger charge is -2.41. The Morgan fingerprint density at radius 2 is 0.853 bits per heavy atom. The molecular formula is C62H119NO11S. The number of amides is 1. The van der Waals surface area contributed by atoms with Crippen molar-refractivity contribution in [2.75, 3.05) is 13.2 Å². The SMILES string of the molecule is CCCCCCCCCCCCCC/C=C\CCCCCCCCCCCC(=O)NC(COC1OC(CO)C(O)C(OS(=O)(=O)O)C1O)C(O)/C=C/CCCCCCCCCCCCCCCCCCCCCCC. The molecule has 0 saturated carbocycles. The first-order valence-corrected chi connectivity index (χ1v) is 33.1. The van der Waals surface area contributed by atoms with Crippen LogP contribution in [0.4, 0.5) is 0 Å². The number of unbranched alkanes of at least 4 members (excludes halogenated alkanes) is 42. The second-order valence-electron chi connectivity index (χ2n) is 22.4. The van der Waals surface area contributed by atoms with Crippen LogP contribution in [0.5, 0.6) is 0 Å². The first-order valence-electron chi connectivity index (χ1n) is 31.7. The Balaban J connectivity index is 2.33. The van der Waals surface area contributed by atoms with E-state index in [0.717, 1.165) is 38.5 Å². The Bertz CT molecular complexity index is 1420. The first-order chi connectivity index (χ1) is 36.5. The molecule has 444 valence electrons. The van der Waals surface area contributed by atoms with Crippen molar-refractivity contribution in [1.29, 1.82) is 0 Å². The van der Waals surface area contributed by atoms with Crippen molar-refractivity contribution in [3.63, 3.8) is 0 Å². The van der Waals surface area contributed by atoms with Crippen LogP contribution in [0.1, 0.15) is 309 Å². The Kier molecular flexibility index (Phi) is 49.6. The molecule has 7 unspecified atom stereocenters. The zero-order chi connectivity index (χ0) is 54.7. The van der Waals surface area contributed by atoms with Gasteiger partial charge in [-0.25, -0.2) is 4.18 Å². The highest BCUT2D eigenvalue weighted by Gasteiger charge is 2.48. The predicted molar refractivity (Wildman–Crippen MR) is 310 cm³/mol. The third-order valence-electron chi connectivity index (χ3n) is 15.2. The highest BCUT2D eigenvalue weighted by molar-refractivity contribution is 7.80. The summed E-state index contributed by atoms with van der Waals surface area (Å²) in [6, 6.07) is -0.945. The molecule has 13 heteroatoms. The smallest absolute Gasteiger partial charge is 0.394 e. The van der Waals surface area contributed by atoms with Gasteiger partial charge in [0.1, 0.15) is 24.4 Å². The Morgan fingerprint density at radius 3 is 1.20 bits per heavy atom. The zero-order valence-electron chi connectivity index (χ0n) is 48.4. The van der Waals surface area contributed by atoms with Gasteiger partial charge in [-0.1, -0.05) is 282 Å². The molecule has 1 aliphatic rings. The molecule has 0 radical (unpaired) electrons. The first kappa shape index (κ1) is 71.6. The Morgan fingerprint density at radius 1 is 0.520 bits per heavy atom. The number of aliphatic hydroxyl groups is 4. The lowest BCUT2D eigenvalue weighted by atomic mass is 9.99. The van der Waals surface area contributed by atoms with Gasteiger partial charge in [0.15, 0.2) is 6.29 Å². The fourth-order valence-corrected chi connectivity index (χ4v) is 10.8. The fourth-order valence-electron chi connectivity index (χ4n) is 10.3. The minimum Gasteiger partial charge on any atom is -0.394 e. The molecule has 0 spiro atoms. The quantitative estimate of drug-likeness (QED) is 0.0193. The molecular weight excluding hydrogens is 967 g/mol. The topological polar surface area (TPSA) is 192 Å². The van der Waals surface area contributed by atoms with Crippen LogP contribution in [0.3, 0.4) is 0 Å². The summed E-state index contributed by atoms with van der Waals surface area (Å²) in [5.41, 5.74) is 0. The molecule has 6 N–H and O–H groups in total. The van der Waals surface area contributed by atoms with Gasteiger partial charge in [-0.3, -0.25) is 9.35 Å². The van der Waals surface area contributed by atoms with Crippen molar-refractivity contribution >= 4 is 16.3 Å². The van der Waals surface area contributed by atoms with Crippen LogP contribution < -0.4 is 5.32 Å². The molecule has 1 aliphatic heterocycles. The molecule has 1 fully saturated rings. The van der Waals surface area contributed by atoms with Gasteiger partial charge in [0, 0.05) is 6.42 Å². The third-order valence-corrected chi connectivity index (χ3v) is 15.7. The minimum atomic E-state index is -5.09. The predicted octanol–water partition coefficient (Wildman–Crippen LogP) is 15.6. The van der Waals surface area contributed by atoms with E-state index in [9.17, 15) is 38.2 Å². The van der Waals surface area contributed by atoms with Gasteiger partial charge >= 0.3 is 10.4 Å². The standard InChI is InChI=1S/C62H119NO11S/c1-3-5-7-9-11-13-15-17-19-21-23-25-27-28-30-32-34-36-38-40-42-44-46-48-50-52-58(66)63-55(54-72-62-60(68)61(74-75(69,70)71)59(67)57(53-64)73-62)56(65)51-49-47-45-43-41-39-37-35-33-31-29-26-24-22-20-18-16-14-12-10-8-6-4-2/h28,30,49,51,55-57,59-62,64-65,67-68H,3-27,29,31-48,50,52-54H2,1-2H3,(H,63,66)(H,69,70,71)/b30-28-,51-49+. The highest BCUT2D eigenvalue weighted by atomic mass is 32.3. The van der Waals surface area contributed by atoms with E-state index >= 15 is 0 Å². The van der Waals surface area contributed by atoms with E-state index in [0.29, 0.717) is 6.42 Å². The van der Waals surface area contributed by atoms with E-state index in [1.165, 1.54) is 244 Å². The van der Waals surface area contributed by atoms with E-state index in [1.807, 2.05) is 6.08 Å². The van der Waals surface area contributed by atoms with Crippen LogP contribution in [-0.2, 0) is 28.9 Å². The molecule has 7 atom stereocenters. The van der Waals surface area contributed by atoms with Crippen molar-refractivity contribution in [2.45, 2.75) is 352 Å². The largest absolute Gasteiger partial charge is 0.397 e. The van der Waals surface area contributed by atoms with Crippen LogP contribution in [0.25, 0.3) is 0 Å². The molecule has 75 heavy (non-hydrogen) atoms. The van der Waals surface area contributed by atoms with Crippen molar-refractivity contribution in [3.8, 4) is 0 Å². The van der Waals surface area contributed by atoms with Crippen LogP contribution in [-0.4, -0.2) is 95.4 Å². The number of ether oxygens (including phenoxy) is 2. The number of hydrogen-bond donors (Lipinski definition) is 6. The van der Waals surface area contributed by atoms with E-state index < -0.39 is 59.9 Å². The van der Waals surface area contributed by atoms with Crippen LogP contribution in [0.15, 0.2) is 24.3 Å². The average molecular weight is 1090 g/mol. The lowest BCUT2D eigenvalue weighted by molar-refractivity contribution is -0.298. The molecule has 0 aromatic rings. The average Bonchev–Trinajstić information content (AvgIpc) is 3.39. The molecule has 0 aliphatic carbocycles. The van der Waals surface area contributed by atoms with Gasteiger partial charge in [-0.15, -0.1) is 0 Å². The number of rotatable bonds is 56. The highest BCUT2D eigenvalue weighted by Crippen LogP contribution is 2.26. The van der Waals surface area contributed by atoms with Gasteiger partial charge in [0.2, 0.25) is 5.91 Å². The molecule has 0 aromatic heterocycles. The number of hydrogen-bond acceptors (Lipinski definition) is 10. The molecule has 1 amide bonds. The normalized spacial score (nSPS) is 19.2. The summed E-state index contributed by atoms with van der Waals surface area (Å²) in [7, 11) is -5.09. The Labute approximate surface area is 461 Å². The van der Waals surface area contributed by atoms with Crippen molar-refractivity contribution < 1.29 is 51.8 Å². The summed E-state index contributed by atoms with van der Waals surface area (Å²) < 4.78 is 47.9. The van der Waals surface area contributed by atoms with Crippen LogP contribution in [0.2, 0.25) is 0 Å². The van der Waals surface area contributed by atoms with Gasteiger partial charge in [0.25, 0.3) is 0 Å². The summed E-state index contributed by atoms with van der Waals surface area (Å²) in [5.74, 6) is -0.259. The molecule has 0 aromatic carbocycles. The molecule has 12 nitrogen and oxygen atoms in total. The molecule has 1 rings (SSSR count). The summed E-state index contributed by atoms with van der Waals surface area (Å²) in [4.78, 5) is 13.2. The number of carbonyl (C=O) groups is 1. The summed E-state index contributed by atoms with van der Waals surface area (Å²) in [6.45, 7) is 3.45. The molecule has 1 saturated heterocycles. The van der Waals surface area contributed by atoms with E-state index in [4.69, 9.17) is 9.47 Å². The minimum absolute atomic E-state index is 0.259. The maximum atomic E-state index is 13.2. The van der Waals surface area contributed by atoms with Crippen LogP contribution in [0, 0.1) is 0 Å². The maximum Gasteiger partial charge on any atom is 0.397 e. The maximum absolute atomic E-state index is 13.2. The van der Waals surface area contributed by atoms with Gasteiger partial charge in [-0.2, -0.15) is 8.42 Å². The lowest BCUT2D eigenvalue weighted by Crippen LogP contribution is -2.61. The van der Waals surface area contributed by atoms with E-state index in [1.54, 1.807) is 6.08 Å². The number of aliphatic hydroxyl groups excluding tert-OH is 4. The molecule has 1 heterocycles. The van der Waals surface area contributed by atoms with E-state index in [2.05, 4.69) is 35.5 Å². The van der Waals surface area contributed by atoms with Crippen molar-refractivity contribution in [3.05, 3.63) is 24.3 Å². The zero-order valence-corrected chi connectivity index (χ0v) is 49.2. The van der Waals surface area contributed by atoms with Crippen molar-refractivity contribution in [2.24, 2.45) is 0 Å². The number of carbonyl (C=O) groups excluding carboxylic acids is 1. The van der Waals surface area contributed by atoms with Gasteiger partial charge in [0.05, 0.1) is 25.4 Å².